The molecule has 0 bridgehead atoms. The summed E-state index contributed by atoms with van der Waals surface area (Å²) >= 11 is 0. The van der Waals surface area contributed by atoms with Gasteiger partial charge in [-0.1, -0.05) is 6.92 Å². The highest BCUT2D eigenvalue weighted by molar-refractivity contribution is 5.85. The smallest absolute Gasteiger partial charge is 0.242 e. The van der Waals surface area contributed by atoms with Gasteiger partial charge in [-0.2, -0.15) is 0 Å². The molecule has 1 aliphatic rings. The van der Waals surface area contributed by atoms with Crippen molar-refractivity contribution < 1.29 is 9.90 Å². The number of likely N-dealkylation sites (tertiary alicyclic amines) is 1. The van der Waals surface area contributed by atoms with Crippen molar-refractivity contribution in [1.29, 1.82) is 0 Å². The molecule has 0 aromatic carbocycles. The van der Waals surface area contributed by atoms with Crippen LogP contribution in [0.4, 0.5) is 0 Å². The van der Waals surface area contributed by atoms with Crippen LogP contribution in [0.25, 0.3) is 0 Å². The predicted octanol–water partition coefficient (Wildman–Crippen LogP) is 0.605. The van der Waals surface area contributed by atoms with Crippen LogP contribution in [0.1, 0.15) is 33.6 Å². The summed E-state index contributed by atoms with van der Waals surface area (Å²) in [4.78, 5) is 14.1. The Morgan fingerprint density at radius 1 is 1.56 bits per heavy atom. The van der Waals surface area contributed by atoms with Gasteiger partial charge in [0.1, 0.15) is 0 Å². The van der Waals surface area contributed by atoms with Crippen molar-refractivity contribution in [2.24, 2.45) is 5.92 Å². The largest absolute Gasteiger partial charge is 0.396 e. The van der Waals surface area contributed by atoms with E-state index in [-0.39, 0.29) is 12.5 Å². The Labute approximate surface area is 98.0 Å². The van der Waals surface area contributed by atoms with Crippen LogP contribution < -0.4 is 5.32 Å². The fourth-order valence-corrected chi connectivity index (χ4v) is 2.35. The third-order valence-electron chi connectivity index (χ3n) is 3.26. The number of carbonyl (C=O) groups is 1. The topological polar surface area (TPSA) is 52.6 Å². The fraction of sp³-hybridized carbons (Fsp3) is 0.917. The summed E-state index contributed by atoms with van der Waals surface area (Å²) in [7, 11) is 0. The van der Waals surface area contributed by atoms with E-state index in [1.54, 1.807) is 0 Å². The molecule has 1 heterocycles. The second-order valence-corrected chi connectivity index (χ2v) is 5.07. The lowest BCUT2D eigenvalue weighted by molar-refractivity contribution is -0.136. The highest BCUT2D eigenvalue weighted by Crippen LogP contribution is 2.21. The predicted molar refractivity (Wildman–Crippen MR) is 64.1 cm³/mol. The average molecular weight is 228 g/mol. The van der Waals surface area contributed by atoms with E-state index in [9.17, 15) is 4.79 Å². The first-order chi connectivity index (χ1) is 7.51. The van der Waals surface area contributed by atoms with Gasteiger partial charge in [-0.3, -0.25) is 4.79 Å². The van der Waals surface area contributed by atoms with E-state index in [0.717, 1.165) is 32.5 Å². The van der Waals surface area contributed by atoms with Crippen LogP contribution in [0.2, 0.25) is 0 Å². The number of aliphatic hydroxyl groups is 1. The third kappa shape index (κ3) is 3.19. The number of nitrogens with zero attached hydrogens (tertiary/aromatic N) is 1. The van der Waals surface area contributed by atoms with Crippen LogP contribution in [0.5, 0.6) is 0 Å². The van der Waals surface area contributed by atoms with Gasteiger partial charge < -0.3 is 15.3 Å². The second-order valence-electron chi connectivity index (χ2n) is 5.07. The molecule has 0 aromatic heterocycles. The SMILES string of the molecule is CCNC(C)(C)C(=O)N1CCC(CCO)C1. The maximum atomic E-state index is 12.2. The molecule has 0 spiro atoms. The molecule has 4 nitrogen and oxygen atoms in total. The molecular formula is C12H24N2O2. The van der Waals surface area contributed by atoms with E-state index >= 15 is 0 Å². The lowest BCUT2D eigenvalue weighted by Gasteiger charge is -2.30. The Morgan fingerprint density at radius 3 is 2.81 bits per heavy atom. The number of hydrogen-bond donors (Lipinski definition) is 2. The standard InChI is InChI=1S/C12H24N2O2/c1-4-13-12(2,3)11(16)14-7-5-10(9-14)6-8-15/h10,13,15H,4-9H2,1-3H3. The molecule has 16 heavy (non-hydrogen) atoms. The maximum absolute atomic E-state index is 12.2. The Morgan fingerprint density at radius 2 is 2.25 bits per heavy atom. The minimum atomic E-state index is -0.469. The zero-order valence-electron chi connectivity index (χ0n) is 10.6. The van der Waals surface area contributed by atoms with Crippen LogP contribution in [0.15, 0.2) is 0 Å². The number of nitrogens with one attached hydrogen (secondary N) is 1. The molecule has 1 aliphatic heterocycles. The number of aliphatic hydroxyl groups excluding tert-OH is 1. The van der Waals surface area contributed by atoms with Crippen molar-refractivity contribution in [2.45, 2.75) is 39.2 Å². The molecule has 0 aromatic rings. The summed E-state index contributed by atoms with van der Waals surface area (Å²) in [5.41, 5.74) is -0.469. The first-order valence-electron chi connectivity index (χ1n) is 6.16. The van der Waals surface area contributed by atoms with E-state index < -0.39 is 5.54 Å². The van der Waals surface area contributed by atoms with Crippen molar-refractivity contribution in [3.63, 3.8) is 0 Å². The monoisotopic (exact) mass is 228 g/mol. The van der Waals surface area contributed by atoms with Gasteiger partial charge in [0.25, 0.3) is 0 Å². The highest BCUT2D eigenvalue weighted by atomic mass is 16.3. The molecule has 1 rings (SSSR count). The van der Waals surface area contributed by atoms with Gasteiger partial charge >= 0.3 is 0 Å². The second kappa shape index (κ2) is 5.64. The van der Waals surface area contributed by atoms with Crippen molar-refractivity contribution in [3.05, 3.63) is 0 Å². The zero-order chi connectivity index (χ0) is 12.2. The molecule has 1 fully saturated rings. The lowest BCUT2D eigenvalue weighted by Crippen LogP contribution is -2.53. The summed E-state index contributed by atoms with van der Waals surface area (Å²) < 4.78 is 0. The summed E-state index contributed by atoms with van der Waals surface area (Å²) in [5, 5.41) is 12.1. The van der Waals surface area contributed by atoms with E-state index in [0.29, 0.717) is 5.92 Å². The van der Waals surface area contributed by atoms with Crippen LogP contribution in [-0.2, 0) is 4.79 Å². The number of carbonyl (C=O) groups excluding carboxylic acids is 1. The van der Waals surface area contributed by atoms with Crippen molar-refractivity contribution in [1.82, 2.24) is 10.2 Å². The quantitative estimate of drug-likeness (QED) is 0.725. The maximum Gasteiger partial charge on any atom is 0.242 e. The van der Waals surface area contributed by atoms with Gasteiger partial charge in [-0.25, -0.2) is 0 Å². The van der Waals surface area contributed by atoms with E-state index in [2.05, 4.69) is 5.32 Å². The Kier molecular flexibility index (Phi) is 4.74. The highest BCUT2D eigenvalue weighted by Gasteiger charge is 2.34. The van der Waals surface area contributed by atoms with Gasteiger partial charge in [0.15, 0.2) is 0 Å². The minimum Gasteiger partial charge on any atom is -0.396 e. The van der Waals surface area contributed by atoms with Gasteiger partial charge in [-0.15, -0.1) is 0 Å². The molecule has 0 aliphatic carbocycles. The van der Waals surface area contributed by atoms with E-state index in [1.165, 1.54) is 0 Å². The Balaban J connectivity index is 2.50. The van der Waals surface area contributed by atoms with Crippen LogP contribution in [0, 0.1) is 5.92 Å². The minimum absolute atomic E-state index is 0.176. The molecule has 1 amide bonds. The summed E-state index contributed by atoms with van der Waals surface area (Å²) in [6, 6.07) is 0. The number of rotatable bonds is 5. The molecule has 1 unspecified atom stereocenters. The number of amides is 1. The van der Waals surface area contributed by atoms with Crippen molar-refractivity contribution >= 4 is 5.91 Å². The molecular weight excluding hydrogens is 204 g/mol. The van der Waals surface area contributed by atoms with Crippen LogP contribution >= 0.6 is 0 Å². The zero-order valence-corrected chi connectivity index (χ0v) is 10.6. The van der Waals surface area contributed by atoms with Crippen molar-refractivity contribution in [3.8, 4) is 0 Å². The number of hydrogen-bond acceptors (Lipinski definition) is 3. The molecule has 0 saturated carbocycles. The molecule has 1 saturated heterocycles. The molecule has 1 atom stereocenters. The summed E-state index contributed by atoms with van der Waals surface area (Å²) in [5.74, 6) is 0.654. The first-order valence-corrected chi connectivity index (χ1v) is 6.16. The van der Waals surface area contributed by atoms with E-state index in [4.69, 9.17) is 5.11 Å². The van der Waals surface area contributed by atoms with Gasteiger partial charge in [-0.05, 0) is 39.2 Å². The Bertz CT molecular complexity index is 241. The first kappa shape index (κ1) is 13.5. The normalized spacial score (nSPS) is 21.5. The molecule has 0 radical (unpaired) electrons. The fourth-order valence-electron chi connectivity index (χ4n) is 2.35. The molecule has 2 N–H and O–H groups in total. The Hall–Kier alpha value is -0.610. The van der Waals surface area contributed by atoms with Crippen molar-refractivity contribution in [2.75, 3.05) is 26.2 Å². The molecule has 94 valence electrons. The van der Waals surface area contributed by atoms with Gasteiger partial charge in [0.05, 0.1) is 5.54 Å². The lowest BCUT2D eigenvalue weighted by atomic mass is 10.0. The number of likely N-dealkylation sites (N-methyl/N-ethyl adjacent to an activating group) is 1. The van der Waals surface area contributed by atoms with Crippen LogP contribution in [0.3, 0.4) is 0 Å². The third-order valence-corrected chi connectivity index (χ3v) is 3.26. The van der Waals surface area contributed by atoms with Gasteiger partial charge in [0.2, 0.25) is 5.91 Å². The van der Waals surface area contributed by atoms with Gasteiger partial charge in [0, 0.05) is 19.7 Å². The van der Waals surface area contributed by atoms with Crippen LogP contribution in [-0.4, -0.2) is 47.7 Å². The van der Waals surface area contributed by atoms with E-state index in [1.807, 2.05) is 25.7 Å². The summed E-state index contributed by atoms with van der Waals surface area (Å²) in [6.07, 6.45) is 1.83. The molecule has 4 heteroatoms. The average Bonchev–Trinajstić information content (AvgIpc) is 2.65. The summed E-state index contributed by atoms with van der Waals surface area (Å²) in [6.45, 7) is 8.52.